The highest BCUT2D eigenvalue weighted by Crippen LogP contribution is 2.28. The zero-order chi connectivity index (χ0) is 17.8. The molecule has 0 saturated heterocycles. The molecule has 0 aromatic heterocycles. The van der Waals surface area contributed by atoms with Gasteiger partial charge < -0.3 is 10.1 Å². The minimum Gasteiger partial charge on any atom is -0.481 e. The molecule has 130 valence electrons. The highest BCUT2D eigenvalue weighted by molar-refractivity contribution is 5.95. The van der Waals surface area contributed by atoms with E-state index in [0.717, 1.165) is 24.9 Å². The summed E-state index contributed by atoms with van der Waals surface area (Å²) in [6, 6.07) is 12.9. The largest absolute Gasteiger partial charge is 0.481 e. The minimum absolute atomic E-state index is 0.00573. The van der Waals surface area contributed by atoms with Gasteiger partial charge >= 0.3 is 0 Å². The van der Waals surface area contributed by atoms with Crippen LogP contribution >= 0.6 is 0 Å². The third-order valence-corrected chi connectivity index (χ3v) is 4.60. The van der Waals surface area contributed by atoms with Gasteiger partial charge in [-0.15, -0.1) is 0 Å². The first-order valence-corrected chi connectivity index (χ1v) is 8.74. The minimum atomic E-state index is -0.623. The van der Waals surface area contributed by atoms with Crippen molar-refractivity contribution in [3.8, 4) is 5.75 Å². The van der Waals surface area contributed by atoms with Crippen LogP contribution in [-0.4, -0.2) is 17.8 Å². The van der Waals surface area contributed by atoms with E-state index in [9.17, 15) is 9.59 Å². The summed E-state index contributed by atoms with van der Waals surface area (Å²) in [5, 5.41) is 3.00. The first-order valence-electron chi connectivity index (χ1n) is 8.74. The number of nitrogens with one attached hydrogen (secondary N) is 1. The van der Waals surface area contributed by atoms with Crippen LogP contribution in [-0.2, 0) is 17.6 Å². The van der Waals surface area contributed by atoms with Crippen LogP contribution in [0.15, 0.2) is 42.5 Å². The number of carbonyl (C=O) groups is 2. The number of ketones is 1. The lowest BCUT2D eigenvalue weighted by Crippen LogP contribution is -2.30. The van der Waals surface area contributed by atoms with Crippen LogP contribution in [0.5, 0.6) is 5.75 Å². The van der Waals surface area contributed by atoms with Crippen molar-refractivity contribution >= 4 is 17.4 Å². The Morgan fingerprint density at radius 1 is 1.04 bits per heavy atom. The second-order valence-corrected chi connectivity index (χ2v) is 6.48. The third-order valence-electron chi connectivity index (χ3n) is 4.60. The van der Waals surface area contributed by atoms with Gasteiger partial charge in [-0.2, -0.15) is 0 Å². The smallest absolute Gasteiger partial charge is 0.265 e. The van der Waals surface area contributed by atoms with Crippen LogP contribution in [0.4, 0.5) is 5.69 Å². The van der Waals surface area contributed by atoms with E-state index in [-0.39, 0.29) is 11.7 Å². The monoisotopic (exact) mass is 337 g/mol. The van der Waals surface area contributed by atoms with Crippen molar-refractivity contribution in [2.45, 2.75) is 45.6 Å². The van der Waals surface area contributed by atoms with Crippen molar-refractivity contribution in [1.29, 1.82) is 0 Å². The van der Waals surface area contributed by atoms with Gasteiger partial charge in [-0.05, 0) is 81.0 Å². The molecule has 0 aliphatic heterocycles. The summed E-state index contributed by atoms with van der Waals surface area (Å²) in [6.07, 6.45) is 3.83. The molecule has 0 heterocycles. The Bertz CT molecular complexity index is 780. The van der Waals surface area contributed by atoms with Crippen molar-refractivity contribution in [3.05, 3.63) is 59.2 Å². The van der Waals surface area contributed by atoms with E-state index >= 15 is 0 Å². The standard InChI is InChI=1S/C21H23NO3/c1-14(23)16-10-12-18(13-11-16)25-15(2)21(24)22-20-9-5-7-17-6-3-4-8-19(17)20/h5,7,9-13,15H,3-4,6,8H2,1-2H3,(H,22,24). The van der Waals surface area contributed by atoms with Gasteiger partial charge in [-0.3, -0.25) is 9.59 Å². The van der Waals surface area contributed by atoms with Crippen LogP contribution in [0.2, 0.25) is 0 Å². The van der Waals surface area contributed by atoms with Gasteiger partial charge in [0.1, 0.15) is 5.75 Å². The molecule has 0 fully saturated rings. The lowest BCUT2D eigenvalue weighted by Gasteiger charge is -2.21. The zero-order valence-corrected chi connectivity index (χ0v) is 14.7. The van der Waals surface area contributed by atoms with Gasteiger partial charge in [-0.25, -0.2) is 0 Å². The molecule has 1 amide bonds. The molecular formula is C21H23NO3. The maximum absolute atomic E-state index is 12.5. The molecule has 3 rings (SSSR count). The number of hydrogen-bond donors (Lipinski definition) is 1. The molecule has 1 unspecified atom stereocenters. The number of hydrogen-bond acceptors (Lipinski definition) is 3. The molecule has 2 aromatic carbocycles. The van der Waals surface area contributed by atoms with Crippen molar-refractivity contribution in [2.24, 2.45) is 0 Å². The van der Waals surface area contributed by atoms with E-state index in [1.54, 1.807) is 31.2 Å². The zero-order valence-electron chi connectivity index (χ0n) is 14.7. The average Bonchev–Trinajstić information content (AvgIpc) is 2.62. The van der Waals surface area contributed by atoms with Crippen molar-refractivity contribution < 1.29 is 14.3 Å². The number of rotatable bonds is 5. The average molecular weight is 337 g/mol. The molecule has 0 spiro atoms. The van der Waals surface area contributed by atoms with Gasteiger partial charge in [0.2, 0.25) is 0 Å². The number of ether oxygens (including phenoxy) is 1. The van der Waals surface area contributed by atoms with Crippen LogP contribution in [0, 0.1) is 0 Å². The highest BCUT2D eigenvalue weighted by Gasteiger charge is 2.19. The third kappa shape index (κ3) is 4.08. The van der Waals surface area contributed by atoms with E-state index in [4.69, 9.17) is 4.74 Å². The molecule has 4 nitrogen and oxygen atoms in total. The molecule has 1 atom stereocenters. The molecule has 0 saturated carbocycles. The van der Waals surface area contributed by atoms with Crippen LogP contribution in [0.25, 0.3) is 0 Å². The fourth-order valence-electron chi connectivity index (χ4n) is 3.16. The fourth-order valence-corrected chi connectivity index (χ4v) is 3.16. The summed E-state index contributed by atoms with van der Waals surface area (Å²) in [6.45, 7) is 3.25. The second-order valence-electron chi connectivity index (χ2n) is 6.48. The van der Waals surface area contributed by atoms with E-state index in [1.165, 1.54) is 24.5 Å². The Hall–Kier alpha value is -2.62. The van der Waals surface area contributed by atoms with Gasteiger partial charge in [0.15, 0.2) is 11.9 Å². The van der Waals surface area contributed by atoms with Gasteiger partial charge in [0.05, 0.1) is 0 Å². The number of amides is 1. The van der Waals surface area contributed by atoms with E-state index in [2.05, 4.69) is 11.4 Å². The molecule has 1 N–H and O–H groups in total. The number of Topliss-reactive ketones (excluding diaryl/α,β-unsaturated/α-hetero) is 1. The summed E-state index contributed by atoms with van der Waals surface area (Å²) in [5.74, 6) is 0.406. The van der Waals surface area contributed by atoms with Gasteiger partial charge in [-0.1, -0.05) is 12.1 Å². The van der Waals surface area contributed by atoms with Crippen LogP contribution < -0.4 is 10.1 Å². The molecule has 1 aliphatic carbocycles. The Balaban J connectivity index is 1.66. The summed E-state index contributed by atoms with van der Waals surface area (Å²) >= 11 is 0. The molecule has 25 heavy (non-hydrogen) atoms. The molecule has 0 bridgehead atoms. The second kappa shape index (κ2) is 7.51. The molecule has 2 aromatic rings. The first-order chi connectivity index (χ1) is 12.0. The van der Waals surface area contributed by atoms with E-state index in [1.807, 2.05) is 12.1 Å². The lowest BCUT2D eigenvalue weighted by atomic mass is 9.90. The molecule has 0 radical (unpaired) electrons. The van der Waals surface area contributed by atoms with Crippen LogP contribution in [0.3, 0.4) is 0 Å². The number of carbonyl (C=O) groups excluding carboxylic acids is 2. The van der Waals surface area contributed by atoms with Crippen molar-refractivity contribution in [2.75, 3.05) is 5.32 Å². The summed E-state index contributed by atoms with van der Waals surface area (Å²) in [4.78, 5) is 23.8. The van der Waals surface area contributed by atoms with Crippen LogP contribution in [0.1, 0.15) is 48.2 Å². The lowest BCUT2D eigenvalue weighted by molar-refractivity contribution is -0.122. The normalized spacial score (nSPS) is 14.3. The topological polar surface area (TPSA) is 55.4 Å². The van der Waals surface area contributed by atoms with Crippen molar-refractivity contribution in [1.82, 2.24) is 0 Å². The number of anilines is 1. The quantitative estimate of drug-likeness (QED) is 0.833. The number of benzene rings is 2. The molecular weight excluding hydrogens is 314 g/mol. The summed E-state index contributed by atoms with van der Waals surface area (Å²) in [7, 11) is 0. The maximum atomic E-state index is 12.5. The van der Waals surface area contributed by atoms with E-state index in [0.29, 0.717) is 11.3 Å². The molecule has 1 aliphatic rings. The molecule has 4 heteroatoms. The predicted molar refractivity (Wildman–Crippen MR) is 98.3 cm³/mol. The van der Waals surface area contributed by atoms with Gasteiger partial charge in [0, 0.05) is 11.3 Å². The predicted octanol–water partition coefficient (Wildman–Crippen LogP) is 4.17. The van der Waals surface area contributed by atoms with Crippen molar-refractivity contribution in [3.63, 3.8) is 0 Å². The Kier molecular flexibility index (Phi) is 5.17. The Morgan fingerprint density at radius 2 is 1.76 bits per heavy atom. The Morgan fingerprint density at radius 3 is 2.48 bits per heavy atom. The van der Waals surface area contributed by atoms with Gasteiger partial charge in [0.25, 0.3) is 5.91 Å². The summed E-state index contributed by atoms with van der Waals surface area (Å²) in [5.41, 5.74) is 4.10. The first kappa shape index (κ1) is 17.2. The maximum Gasteiger partial charge on any atom is 0.265 e. The Labute approximate surface area is 148 Å². The fraction of sp³-hybridized carbons (Fsp3) is 0.333. The highest BCUT2D eigenvalue weighted by atomic mass is 16.5. The summed E-state index contributed by atoms with van der Waals surface area (Å²) < 4.78 is 5.70. The SMILES string of the molecule is CC(=O)c1ccc(OC(C)C(=O)Nc2cccc3c2CCCC3)cc1. The number of aryl methyl sites for hydroxylation is 1. The van der Waals surface area contributed by atoms with E-state index < -0.39 is 6.10 Å². The number of fused-ring (bicyclic) bond motifs is 1.